The monoisotopic (exact) mass is 475 g/mol. The maximum absolute atomic E-state index is 12.4. The van der Waals surface area contributed by atoms with Crippen LogP contribution in [0.4, 0.5) is 11.4 Å². The van der Waals surface area contributed by atoms with Crippen molar-refractivity contribution in [3.05, 3.63) is 100 Å². The van der Waals surface area contributed by atoms with Crippen molar-refractivity contribution in [1.82, 2.24) is 14.8 Å². The van der Waals surface area contributed by atoms with E-state index in [9.17, 15) is 14.9 Å². The van der Waals surface area contributed by atoms with Gasteiger partial charge in [-0.05, 0) is 43.3 Å². The molecule has 34 heavy (non-hydrogen) atoms. The van der Waals surface area contributed by atoms with Crippen molar-refractivity contribution in [2.24, 2.45) is 0 Å². The molecule has 0 aliphatic heterocycles. The zero-order valence-corrected chi connectivity index (χ0v) is 19.1. The first-order valence-electron chi connectivity index (χ1n) is 10.4. The summed E-state index contributed by atoms with van der Waals surface area (Å²) in [6.45, 7) is 2.22. The van der Waals surface area contributed by atoms with E-state index in [0.29, 0.717) is 16.7 Å². The Hall–Kier alpha value is -4.18. The van der Waals surface area contributed by atoms with Crippen molar-refractivity contribution in [2.75, 3.05) is 11.1 Å². The number of benzene rings is 3. The quantitative estimate of drug-likeness (QED) is 0.210. The summed E-state index contributed by atoms with van der Waals surface area (Å²) in [5.41, 5.74) is 2.44. The smallest absolute Gasteiger partial charge is 0.269 e. The largest absolute Gasteiger partial charge is 0.486 e. The predicted molar refractivity (Wildman–Crippen MR) is 129 cm³/mol. The first-order chi connectivity index (χ1) is 16.5. The third kappa shape index (κ3) is 5.78. The number of hydrogen-bond donors (Lipinski definition) is 1. The Bertz CT molecular complexity index is 1280. The second-order valence-corrected chi connectivity index (χ2v) is 8.25. The number of amides is 1. The second kappa shape index (κ2) is 10.6. The van der Waals surface area contributed by atoms with Crippen LogP contribution in [0.1, 0.15) is 11.4 Å². The Labute approximate surface area is 199 Å². The highest BCUT2D eigenvalue weighted by Crippen LogP contribution is 2.24. The van der Waals surface area contributed by atoms with Crippen molar-refractivity contribution in [3.63, 3.8) is 0 Å². The fraction of sp³-hybridized carbons (Fsp3) is 0.125. The van der Waals surface area contributed by atoms with Crippen molar-refractivity contribution < 1.29 is 14.5 Å². The summed E-state index contributed by atoms with van der Waals surface area (Å²) in [6, 6.07) is 23.0. The Morgan fingerprint density at radius 2 is 1.74 bits per heavy atom. The van der Waals surface area contributed by atoms with Gasteiger partial charge in [0.2, 0.25) is 5.91 Å². The lowest BCUT2D eigenvalue weighted by Crippen LogP contribution is -2.14. The normalized spacial score (nSPS) is 10.6. The maximum atomic E-state index is 12.4. The summed E-state index contributed by atoms with van der Waals surface area (Å²) >= 11 is 1.24. The van der Waals surface area contributed by atoms with Crippen molar-refractivity contribution in [3.8, 4) is 11.4 Å². The summed E-state index contributed by atoms with van der Waals surface area (Å²) in [6.07, 6.45) is 0. The molecule has 0 bridgehead atoms. The Kier molecular flexibility index (Phi) is 7.19. The lowest BCUT2D eigenvalue weighted by Gasteiger charge is -2.11. The maximum Gasteiger partial charge on any atom is 0.269 e. The molecule has 0 fully saturated rings. The van der Waals surface area contributed by atoms with Gasteiger partial charge in [-0.25, -0.2) is 0 Å². The number of nitrogens with zero attached hydrogens (tertiary/aromatic N) is 4. The number of thioether (sulfide) groups is 1. The molecule has 4 rings (SSSR count). The van der Waals surface area contributed by atoms with Crippen LogP contribution in [0.2, 0.25) is 0 Å². The predicted octanol–water partition coefficient (Wildman–Crippen LogP) is 4.79. The number of nitro groups is 1. The fourth-order valence-corrected chi connectivity index (χ4v) is 3.87. The van der Waals surface area contributed by atoms with Gasteiger partial charge < -0.3 is 10.1 Å². The summed E-state index contributed by atoms with van der Waals surface area (Å²) < 4.78 is 7.75. The molecular weight excluding hydrogens is 454 g/mol. The summed E-state index contributed by atoms with van der Waals surface area (Å²) in [4.78, 5) is 22.7. The van der Waals surface area contributed by atoms with E-state index in [0.717, 1.165) is 17.0 Å². The molecule has 0 saturated heterocycles. The van der Waals surface area contributed by atoms with Crippen molar-refractivity contribution >= 4 is 29.0 Å². The molecule has 4 aromatic rings. The average molecular weight is 476 g/mol. The number of rotatable bonds is 9. The minimum atomic E-state index is -0.488. The highest BCUT2D eigenvalue weighted by atomic mass is 32.2. The van der Waals surface area contributed by atoms with Crippen LogP contribution in [0.25, 0.3) is 5.69 Å². The first-order valence-corrected chi connectivity index (χ1v) is 11.3. The number of carbonyl (C=O) groups excluding carboxylic acids is 1. The molecule has 0 unspecified atom stereocenters. The molecule has 10 heteroatoms. The van der Waals surface area contributed by atoms with Gasteiger partial charge in [0.25, 0.3) is 5.69 Å². The van der Waals surface area contributed by atoms with E-state index < -0.39 is 4.92 Å². The first kappa shape index (κ1) is 23.0. The van der Waals surface area contributed by atoms with Crippen molar-refractivity contribution in [1.29, 1.82) is 0 Å². The molecule has 0 atom stereocenters. The van der Waals surface area contributed by atoms with Gasteiger partial charge in [0.05, 0.1) is 10.7 Å². The number of nitrogens with one attached hydrogen (secondary N) is 1. The van der Waals surface area contributed by atoms with Crippen LogP contribution in [0, 0.1) is 17.0 Å². The summed E-state index contributed by atoms with van der Waals surface area (Å²) in [5.74, 6) is 1.15. The van der Waals surface area contributed by atoms with Gasteiger partial charge in [0.15, 0.2) is 11.0 Å². The standard InChI is InChI=1S/C24H21N5O4S/c1-17-7-13-21(14-8-17)33-15-22-26-27-24(28(22)19-5-3-2-4-6-19)34-16-23(30)25-18-9-11-20(12-10-18)29(31)32/h2-14H,15-16H2,1H3,(H,25,30). The molecule has 1 heterocycles. The molecule has 1 aromatic heterocycles. The number of ether oxygens (including phenoxy) is 1. The topological polar surface area (TPSA) is 112 Å². The lowest BCUT2D eigenvalue weighted by atomic mass is 10.2. The van der Waals surface area contributed by atoms with E-state index >= 15 is 0 Å². The third-order valence-electron chi connectivity index (χ3n) is 4.80. The number of carbonyl (C=O) groups is 1. The fourth-order valence-electron chi connectivity index (χ4n) is 3.10. The van der Waals surface area contributed by atoms with Crippen LogP contribution in [0.15, 0.2) is 84.0 Å². The Morgan fingerprint density at radius 3 is 2.41 bits per heavy atom. The van der Waals surface area contributed by atoms with E-state index in [4.69, 9.17) is 4.74 Å². The van der Waals surface area contributed by atoms with Gasteiger partial charge in [-0.1, -0.05) is 47.7 Å². The van der Waals surface area contributed by atoms with E-state index in [-0.39, 0.29) is 24.0 Å². The number of para-hydroxylation sites is 1. The highest BCUT2D eigenvalue weighted by molar-refractivity contribution is 7.99. The van der Waals surface area contributed by atoms with Gasteiger partial charge in [-0.15, -0.1) is 10.2 Å². The zero-order valence-electron chi connectivity index (χ0n) is 18.2. The molecular formula is C24H21N5O4S. The Morgan fingerprint density at radius 1 is 1.03 bits per heavy atom. The van der Waals surface area contributed by atoms with E-state index in [1.165, 1.54) is 36.0 Å². The van der Waals surface area contributed by atoms with Crippen LogP contribution in [0.3, 0.4) is 0 Å². The van der Waals surface area contributed by atoms with Gasteiger partial charge in [-0.2, -0.15) is 0 Å². The van der Waals surface area contributed by atoms with Crippen molar-refractivity contribution in [2.45, 2.75) is 18.7 Å². The molecule has 1 amide bonds. The van der Waals surface area contributed by atoms with Crippen LogP contribution in [0.5, 0.6) is 5.75 Å². The van der Waals surface area contributed by atoms with Gasteiger partial charge in [-0.3, -0.25) is 19.5 Å². The number of aromatic nitrogens is 3. The molecule has 0 aliphatic carbocycles. The van der Waals surface area contributed by atoms with Crippen LogP contribution in [-0.4, -0.2) is 31.3 Å². The van der Waals surface area contributed by atoms with Gasteiger partial charge in [0, 0.05) is 23.5 Å². The number of hydrogen-bond acceptors (Lipinski definition) is 7. The molecule has 3 aromatic carbocycles. The molecule has 1 N–H and O–H groups in total. The molecule has 9 nitrogen and oxygen atoms in total. The van der Waals surface area contributed by atoms with Crippen LogP contribution < -0.4 is 10.1 Å². The van der Waals surface area contributed by atoms with Gasteiger partial charge >= 0.3 is 0 Å². The van der Waals surface area contributed by atoms with Gasteiger partial charge in [0.1, 0.15) is 12.4 Å². The SMILES string of the molecule is Cc1ccc(OCc2nnc(SCC(=O)Nc3ccc([N+](=O)[O-])cc3)n2-c2ccccc2)cc1. The van der Waals surface area contributed by atoms with E-state index in [1.54, 1.807) is 0 Å². The lowest BCUT2D eigenvalue weighted by molar-refractivity contribution is -0.384. The summed E-state index contributed by atoms with van der Waals surface area (Å²) in [5, 5.41) is 22.6. The molecule has 0 aliphatic rings. The molecule has 0 saturated carbocycles. The molecule has 0 spiro atoms. The van der Waals surface area contributed by atoms with Crippen LogP contribution >= 0.6 is 11.8 Å². The Balaban J connectivity index is 1.45. The third-order valence-corrected chi connectivity index (χ3v) is 5.73. The minimum absolute atomic E-state index is 0.0382. The van der Waals surface area contributed by atoms with E-state index in [1.807, 2.05) is 66.1 Å². The minimum Gasteiger partial charge on any atom is -0.486 e. The number of nitro benzene ring substituents is 1. The zero-order chi connectivity index (χ0) is 23.9. The number of non-ortho nitro benzene ring substituents is 1. The summed E-state index contributed by atoms with van der Waals surface area (Å²) in [7, 11) is 0. The molecule has 0 radical (unpaired) electrons. The average Bonchev–Trinajstić information content (AvgIpc) is 3.26. The number of aryl methyl sites for hydroxylation is 1. The van der Waals surface area contributed by atoms with E-state index in [2.05, 4.69) is 15.5 Å². The highest BCUT2D eigenvalue weighted by Gasteiger charge is 2.17. The van der Waals surface area contributed by atoms with Crippen LogP contribution in [-0.2, 0) is 11.4 Å². The number of anilines is 1. The second-order valence-electron chi connectivity index (χ2n) is 7.31. The molecule has 172 valence electrons.